The van der Waals surface area contributed by atoms with Crippen molar-refractivity contribution < 1.29 is 51.4 Å². The molecule has 0 saturated heterocycles. The Labute approximate surface area is 416 Å². The molecule has 360 valence electrons. The first-order valence-electron chi connectivity index (χ1n) is 22.3. The van der Waals surface area contributed by atoms with Gasteiger partial charge in [0.1, 0.15) is 32.8 Å². The van der Waals surface area contributed by atoms with Crippen molar-refractivity contribution in [2.45, 2.75) is 55.2 Å². The summed E-state index contributed by atoms with van der Waals surface area (Å²) in [5.74, 6) is 1.78. The number of carbonyl (C=O) groups is 2. The zero-order valence-electron chi connectivity index (χ0n) is 39.6. The molecule has 0 spiro atoms. The third-order valence-electron chi connectivity index (χ3n) is 12.5. The van der Waals surface area contributed by atoms with Gasteiger partial charge in [-0.15, -0.1) is 4.33 Å². The van der Waals surface area contributed by atoms with Gasteiger partial charge in [-0.2, -0.15) is 8.42 Å². The molecule has 7 aromatic carbocycles. The van der Waals surface area contributed by atoms with Gasteiger partial charge in [0.05, 0.1) is 25.3 Å². The molecule has 0 unspecified atom stereocenters. The van der Waals surface area contributed by atoms with Crippen LogP contribution in [0.3, 0.4) is 0 Å². The van der Waals surface area contributed by atoms with Gasteiger partial charge < -0.3 is 14.2 Å². The first-order valence-corrected chi connectivity index (χ1v) is 24.5. The molecule has 0 fully saturated rings. The molecule has 0 saturated carbocycles. The lowest BCUT2D eigenvalue weighted by atomic mass is 9.73. The Morgan fingerprint density at radius 2 is 1.07 bits per heavy atom. The number of pyridine rings is 1. The van der Waals surface area contributed by atoms with Crippen molar-refractivity contribution in [3.8, 4) is 40.0 Å². The Bertz CT molecular complexity index is 3320. The van der Waals surface area contributed by atoms with Crippen LogP contribution in [0.1, 0.15) is 87.4 Å². The van der Waals surface area contributed by atoms with E-state index in [2.05, 4.69) is 90.6 Å². The molecule has 0 atom stereocenters. The van der Waals surface area contributed by atoms with Crippen LogP contribution in [0.2, 0.25) is 0 Å². The molecule has 14 heteroatoms. The van der Waals surface area contributed by atoms with E-state index >= 15 is 0 Å². The number of hydrogen-bond acceptors (Lipinski definition) is 12. The second-order valence-electron chi connectivity index (χ2n) is 17.8. The van der Waals surface area contributed by atoms with Gasteiger partial charge in [0, 0.05) is 33.1 Å². The van der Waals surface area contributed by atoms with E-state index in [0.717, 1.165) is 34.7 Å². The molecule has 0 aliphatic rings. The standard InChI is InChI=1S/C57H49NO11S2/c1-36-10-31-50(51(32-36)54(60)40-17-25-48(26-18-40)67-55-52(70-69-68-61)34-49(35-58-55)71(62,63)64)37-11-13-38(14-12-37)53(59)39-15-23-46(24-16-39)66-47-29-21-42(22-30-47)57(4,5)44-9-7-8-43(33-44)56(2,3)41-19-27-45(65-6)28-20-41/h7-35,61H,1-6H3,(H,62,63,64). The zero-order valence-corrected chi connectivity index (χ0v) is 41.2. The Hall–Kier alpha value is -7.43. The lowest BCUT2D eigenvalue weighted by molar-refractivity contribution is -0.432. The summed E-state index contributed by atoms with van der Waals surface area (Å²) < 4.78 is 54.5. The van der Waals surface area contributed by atoms with Crippen molar-refractivity contribution in [3.63, 3.8) is 0 Å². The highest BCUT2D eigenvalue weighted by atomic mass is 32.2. The first kappa shape index (κ1) is 50.0. The van der Waals surface area contributed by atoms with Crippen LogP contribution in [0.15, 0.2) is 186 Å². The van der Waals surface area contributed by atoms with E-state index in [4.69, 9.17) is 19.5 Å². The summed E-state index contributed by atoms with van der Waals surface area (Å²) in [7, 11) is -2.93. The molecule has 0 radical (unpaired) electrons. The SMILES string of the molecule is COc1ccc(C(C)(C)c2cccc(C(C)(C)c3ccc(Oc4ccc(C(=O)c5ccc(-c6ccc(C)cc6C(=O)c6ccc(Oc7ncc(S(=O)(=O)O)cc7SOOO)cc6)cc5)cc4)cc3)c2)cc1. The number of aryl methyl sites for hydroxylation is 1. The summed E-state index contributed by atoms with van der Waals surface area (Å²) in [6.07, 6.45) is 0.886. The summed E-state index contributed by atoms with van der Waals surface area (Å²) in [5, 5.41) is 12.2. The monoisotopic (exact) mass is 987 g/mol. The van der Waals surface area contributed by atoms with E-state index in [9.17, 15) is 22.6 Å². The van der Waals surface area contributed by atoms with Crippen LogP contribution in [0.25, 0.3) is 11.1 Å². The van der Waals surface area contributed by atoms with Gasteiger partial charge in [-0.1, -0.05) is 123 Å². The van der Waals surface area contributed by atoms with E-state index in [1.54, 1.807) is 61.7 Å². The van der Waals surface area contributed by atoms with E-state index in [0.29, 0.717) is 51.4 Å². The average molecular weight is 988 g/mol. The number of benzene rings is 7. The number of methoxy groups -OCH3 is 1. The van der Waals surface area contributed by atoms with Crippen LogP contribution in [-0.2, 0) is 30.3 Å². The second kappa shape index (κ2) is 20.9. The van der Waals surface area contributed by atoms with E-state index in [1.165, 1.54) is 28.8 Å². The Morgan fingerprint density at radius 3 is 1.59 bits per heavy atom. The number of hydrogen-bond donors (Lipinski definition) is 2. The summed E-state index contributed by atoms with van der Waals surface area (Å²) in [6, 6.07) is 52.1. The minimum absolute atomic E-state index is 0.0440. The number of aromatic nitrogens is 1. The van der Waals surface area contributed by atoms with Crippen molar-refractivity contribution in [3.05, 3.63) is 226 Å². The van der Waals surface area contributed by atoms with Crippen molar-refractivity contribution in [2.24, 2.45) is 0 Å². The minimum atomic E-state index is -4.60. The van der Waals surface area contributed by atoms with Crippen LogP contribution in [0, 0.1) is 6.92 Å². The predicted octanol–water partition coefficient (Wildman–Crippen LogP) is 13.4. The van der Waals surface area contributed by atoms with Crippen LogP contribution in [0.5, 0.6) is 28.9 Å². The van der Waals surface area contributed by atoms with Crippen LogP contribution >= 0.6 is 12.0 Å². The largest absolute Gasteiger partial charge is 0.497 e. The molecule has 1 heterocycles. The van der Waals surface area contributed by atoms with Gasteiger partial charge in [-0.05, 0) is 125 Å². The second-order valence-corrected chi connectivity index (χ2v) is 20.0. The quantitative estimate of drug-likeness (QED) is 0.0274. The van der Waals surface area contributed by atoms with Crippen molar-refractivity contribution in [1.29, 1.82) is 0 Å². The van der Waals surface area contributed by atoms with Crippen LogP contribution < -0.4 is 14.2 Å². The zero-order chi connectivity index (χ0) is 50.5. The predicted molar refractivity (Wildman–Crippen MR) is 271 cm³/mol. The summed E-state index contributed by atoms with van der Waals surface area (Å²) in [6.45, 7) is 10.8. The number of carbonyl (C=O) groups excluding carboxylic acids is 2. The smallest absolute Gasteiger partial charge is 0.296 e. The van der Waals surface area contributed by atoms with Crippen LogP contribution in [-0.4, -0.2) is 41.9 Å². The van der Waals surface area contributed by atoms with Gasteiger partial charge in [-0.25, -0.2) is 10.2 Å². The molecular weight excluding hydrogens is 939 g/mol. The molecule has 8 aromatic rings. The Balaban J connectivity index is 0.913. The highest BCUT2D eigenvalue weighted by Crippen LogP contribution is 2.39. The molecule has 12 nitrogen and oxygen atoms in total. The fourth-order valence-electron chi connectivity index (χ4n) is 8.14. The summed E-state index contributed by atoms with van der Waals surface area (Å²) in [4.78, 5) is 31.0. The topological polar surface area (TPSA) is 168 Å². The lowest BCUT2D eigenvalue weighted by Gasteiger charge is -2.31. The Morgan fingerprint density at radius 1 is 0.577 bits per heavy atom. The molecule has 71 heavy (non-hydrogen) atoms. The fraction of sp³-hybridized carbons (Fsp3) is 0.140. The number of rotatable bonds is 18. The third kappa shape index (κ3) is 11.3. The normalized spacial score (nSPS) is 11.8. The maximum absolute atomic E-state index is 14.0. The molecule has 0 aliphatic carbocycles. The van der Waals surface area contributed by atoms with Gasteiger partial charge in [0.2, 0.25) is 5.88 Å². The van der Waals surface area contributed by atoms with Crippen molar-refractivity contribution in [1.82, 2.24) is 4.98 Å². The first-order chi connectivity index (χ1) is 33.9. The maximum Gasteiger partial charge on any atom is 0.296 e. The minimum Gasteiger partial charge on any atom is -0.497 e. The van der Waals surface area contributed by atoms with E-state index < -0.39 is 15.0 Å². The van der Waals surface area contributed by atoms with Crippen LogP contribution in [0.4, 0.5) is 0 Å². The highest BCUT2D eigenvalue weighted by molar-refractivity contribution is 7.94. The molecule has 2 N–H and O–H groups in total. The third-order valence-corrected chi connectivity index (χ3v) is 13.9. The number of ether oxygens (including phenoxy) is 3. The molecule has 0 bridgehead atoms. The van der Waals surface area contributed by atoms with Gasteiger partial charge in [0.15, 0.2) is 11.6 Å². The van der Waals surface area contributed by atoms with Crippen molar-refractivity contribution in [2.75, 3.05) is 7.11 Å². The average Bonchev–Trinajstić information content (AvgIpc) is 3.38. The Kier molecular flexibility index (Phi) is 14.7. The molecule has 1 aromatic heterocycles. The van der Waals surface area contributed by atoms with Gasteiger partial charge in [0.25, 0.3) is 10.1 Å². The van der Waals surface area contributed by atoms with Gasteiger partial charge >= 0.3 is 0 Å². The van der Waals surface area contributed by atoms with Crippen molar-refractivity contribution >= 4 is 33.7 Å². The highest BCUT2D eigenvalue weighted by Gasteiger charge is 2.28. The summed E-state index contributed by atoms with van der Waals surface area (Å²) >= 11 is 0.391. The fourth-order valence-corrected chi connectivity index (χ4v) is 9.11. The maximum atomic E-state index is 14.0. The molecule has 0 amide bonds. The van der Waals surface area contributed by atoms with Gasteiger partial charge in [-0.3, -0.25) is 14.1 Å². The van der Waals surface area contributed by atoms with E-state index in [-0.39, 0.29) is 38.9 Å². The number of nitrogens with zero attached hydrogens (tertiary/aromatic N) is 1. The molecular formula is C57H49NO11S2. The molecule has 0 aliphatic heterocycles. The lowest BCUT2D eigenvalue weighted by Crippen LogP contribution is -2.22. The van der Waals surface area contributed by atoms with E-state index in [1.807, 2.05) is 55.5 Å². The number of ketones is 2. The molecule has 8 rings (SSSR count). The summed E-state index contributed by atoms with van der Waals surface area (Å²) in [5.41, 5.74) is 8.34.